The number of pyridine rings is 2. The Morgan fingerprint density at radius 1 is 1.19 bits per heavy atom. The zero-order chi connectivity index (χ0) is 14.7. The van der Waals surface area contributed by atoms with Gasteiger partial charge in [0.2, 0.25) is 0 Å². The Morgan fingerprint density at radius 3 is 2.71 bits per heavy atom. The summed E-state index contributed by atoms with van der Waals surface area (Å²) in [5.41, 5.74) is 2.52. The van der Waals surface area contributed by atoms with Crippen molar-refractivity contribution in [3.05, 3.63) is 52.4 Å². The molecule has 0 atom stereocenters. The van der Waals surface area contributed by atoms with Gasteiger partial charge in [0.1, 0.15) is 5.82 Å². The lowest BCUT2D eigenvalue weighted by Crippen LogP contribution is -2.46. The zero-order valence-corrected chi connectivity index (χ0v) is 13.8. The molecule has 0 saturated carbocycles. The monoisotopic (exact) mass is 346 g/mol. The molecule has 0 radical (unpaired) electrons. The third-order valence-electron chi connectivity index (χ3n) is 3.75. The number of anilines is 1. The van der Waals surface area contributed by atoms with Gasteiger partial charge in [-0.1, -0.05) is 6.07 Å². The molecule has 0 amide bonds. The molecule has 3 heterocycles. The molecule has 0 unspecified atom stereocenters. The number of rotatable bonds is 3. The predicted octanol–water partition coefficient (Wildman–Crippen LogP) is 2.87. The summed E-state index contributed by atoms with van der Waals surface area (Å²) in [5.74, 6) is 1.05. The molecule has 2 aromatic heterocycles. The minimum atomic E-state index is 0.978. The molecule has 0 bridgehead atoms. The van der Waals surface area contributed by atoms with E-state index >= 15 is 0 Å². The van der Waals surface area contributed by atoms with E-state index in [1.807, 2.05) is 30.7 Å². The highest BCUT2D eigenvalue weighted by Gasteiger charge is 2.19. The lowest BCUT2D eigenvalue weighted by atomic mass is 10.2. The van der Waals surface area contributed by atoms with E-state index in [0.29, 0.717) is 0 Å². The van der Waals surface area contributed by atoms with Crippen molar-refractivity contribution in [3.8, 4) is 0 Å². The maximum atomic E-state index is 4.47. The summed E-state index contributed by atoms with van der Waals surface area (Å²) in [6, 6.07) is 6.22. The van der Waals surface area contributed by atoms with Crippen LogP contribution in [0.5, 0.6) is 0 Å². The van der Waals surface area contributed by atoms with Gasteiger partial charge in [0, 0.05) is 51.3 Å². The number of aryl methyl sites for hydroxylation is 1. The van der Waals surface area contributed by atoms with E-state index in [9.17, 15) is 0 Å². The van der Waals surface area contributed by atoms with E-state index in [0.717, 1.165) is 43.0 Å². The minimum Gasteiger partial charge on any atom is -0.353 e. The van der Waals surface area contributed by atoms with Crippen molar-refractivity contribution in [2.24, 2.45) is 0 Å². The highest BCUT2D eigenvalue weighted by molar-refractivity contribution is 9.10. The van der Waals surface area contributed by atoms with Crippen molar-refractivity contribution in [1.82, 2.24) is 14.9 Å². The van der Waals surface area contributed by atoms with Crippen LogP contribution in [0.15, 0.2) is 41.3 Å². The van der Waals surface area contributed by atoms with Crippen LogP contribution in [0.2, 0.25) is 0 Å². The molecule has 4 nitrogen and oxygen atoms in total. The van der Waals surface area contributed by atoms with Crippen molar-refractivity contribution in [3.63, 3.8) is 0 Å². The topological polar surface area (TPSA) is 32.3 Å². The fourth-order valence-electron chi connectivity index (χ4n) is 2.69. The first-order chi connectivity index (χ1) is 10.2. The molecule has 0 aromatic carbocycles. The molecule has 3 rings (SSSR count). The third kappa shape index (κ3) is 3.60. The van der Waals surface area contributed by atoms with Gasteiger partial charge in [-0.25, -0.2) is 4.98 Å². The first-order valence-electron chi connectivity index (χ1n) is 7.21. The summed E-state index contributed by atoms with van der Waals surface area (Å²) in [6.45, 7) is 7.19. The quantitative estimate of drug-likeness (QED) is 0.855. The van der Waals surface area contributed by atoms with E-state index in [-0.39, 0.29) is 0 Å². The largest absolute Gasteiger partial charge is 0.353 e. The molecular weight excluding hydrogens is 328 g/mol. The van der Waals surface area contributed by atoms with Gasteiger partial charge in [0.05, 0.1) is 4.47 Å². The molecule has 5 heteroatoms. The number of hydrogen-bond acceptors (Lipinski definition) is 4. The van der Waals surface area contributed by atoms with Crippen LogP contribution >= 0.6 is 15.9 Å². The zero-order valence-electron chi connectivity index (χ0n) is 12.2. The summed E-state index contributed by atoms with van der Waals surface area (Å²) < 4.78 is 1.07. The normalized spacial score (nSPS) is 16.2. The number of piperazine rings is 1. The Balaban J connectivity index is 1.59. The van der Waals surface area contributed by atoms with Crippen LogP contribution in [0.25, 0.3) is 0 Å². The highest BCUT2D eigenvalue weighted by atomic mass is 79.9. The third-order valence-corrected chi connectivity index (χ3v) is 4.37. The standard InChI is InChI=1S/C16H19BrN4/c1-13-9-14(11-18-10-13)12-20-5-7-21(8-6-20)16-15(17)3-2-4-19-16/h2-4,9-11H,5-8,12H2,1H3. The fraction of sp³-hybridized carbons (Fsp3) is 0.375. The molecule has 110 valence electrons. The average Bonchev–Trinajstić information content (AvgIpc) is 2.49. The molecule has 2 aromatic rings. The Kier molecular flexibility index (Phi) is 4.51. The molecule has 1 saturated heterocycles. The predicted molar refractivity (Wildman–Crippen MR) is 88.4 cm³/mol. The average molecular weight is 347 g/mol. The van der Waals surface area contributed by atoms with Gasteiger partial charge >= 0.3 is 0 Å². The van der Waals surface area contributed by atoms with Crippen LogP contribution in [-0.4, -0.2) is 41.0 Å². The summed E-state index contributed by atoms with van der Waals surface area (Å²) in [5, 5.41) is 0. The molecule has 1 fully saturated rings. The number of aromatic nitrogens is 2. The number of hydrogen-bond donors (Lipinski definition) is 0. The Morgan fingerprint density at radius 2 is 2.00 bits per heavy atom. The van der Waals surface area contributed by atoms with Crippen molar-refractivity contribution in [1.29, 1.82) is 0 Å². The molecule has 1 aliphatic heterocycles. The van der Waals surface area contributed by atoms with Crippen LogP contribution in [0.1, 0.15) is 11.1 Å². The van der Waals surface area contributed by atoms with Gasteiger partial charge < -0.3 is 4.90 Å². The molecule has 0 spiro atoms. The molecule has 0 aliphatic carbocycles. The van der Waals surface area contributed by atoms with Crippen LogP contribution in [0.4, 0.5) is 5.82 Å². The molecule has 0 N–H and O–H groups in total. The smallest absolute Gasteiger partial charge is 0.142 e. The van der Waals surface area contributed by atoms with E-state index in [4.69, 9.17) is 0 Å². The van der Waals surface area contributed by atoms with Gasteiger partial charge in [-0.05, 0) is 46.1 Å². The van der Waals surface area contributed by atoms with Crippen molar-refractivity contribution in [2.75, 3.05) is 31.1 Å². The second kappa shape index (κ2) is 6.54. The van der Waals surface area contributed by atoms with Gasteiger partial charge in [0.25, 0.3) is 0 Å². The summed E-state index contributed by atoms with van der Waals surface area (Å²) >= 11 is 3.58. The van der Waals surface area contributed by atoms with Gasteiger partial charge in [-0.15, -0.1) is 0 Å². The Hall–Kier alpha value is -1.46. The second-order valence-corrected chi connectivity index (χ2v) is 6.30. The molecule has 21 heavy (non-hydrogen) atoms. The van der Waals surface area contributed by atoms with E-state index < -0.39 is 0 Å². The first-order valence-corrected chi connectivity index (χ1v) is 8.00. The molecular formula is C16H19BrN4. The van der Waals surface area contributed by atoms with E-state index in [2.05, 4.69) is 48.7 Å². The summed E-state index contributed by atoms with van der Waals surface area (Å²) in [4.78, 5) is 13.6. The summed E-state index contributed by atoms with van der Waals surface area (Å²) in [6.07, 6.45) is 5.72. The van der Waals surface area contributed by atoms with Gasteiger partial charge in [-0.3, -0.25) is 9.88 Å². The van der Waals surface area contributed by atoms with Crippen molar-refractivity contribution in [2.45, 2.75) is 13.5 Å². The lowest BCUT2D eigenvalue weighted by Gasteiger charge is -2.35. The molecule has 1 aliphatic rings. The SMILES string of the molecule is Cc1cncc(CN2CCN(c3ncccc3Br)CC2)c1. The second-order valence-electron chi connectivity index (χ2n) is 5.44. The van der Waals surface area contributed by atoms with Crippen LogP contribution < -0.4 is 4.90 Å². The Bertz CT molecular complexity index is 609. The van der Waals surface area contributed by atoms with Gasteiger partial charge in [0.15, 0.2) is 0 Å². The van der Waals surface area contributed by atoms with E-state index in [1.165, 1.54) is 11.1 Å². The highest BCUT2D eigenvalue weighted by Crippen LogP contribution is 2.24. The van der Waals surface area contributed by atoms with E-state index in [1.54, 1.807) is 0 Å². The van der Waals surface area contributed by atoms with Crippen molar-refractivity contribution >= 4 is 21.7 Å². The minimum absolute atomic E-state index is 0.978. The van der Waals surface area contributed by atoms with Crippen LogP contribution in [-0.2, 0) is 6.54 Å². The number of halogens is 1. The van der Waals surface area contributed by atoms with Crippen LogP contribution in [0, 0.1) is 6.92 Å². The van der Waals surface area contributed by atoms with Crippen LogP contribution in [0.3, 0.4) is 0 Å². The van der Waals surface area contributed by atoms with Gasteiger partial charge in [-0.2, -0.15) is 0 Å². The number of nitrogens with zero attached hydrogens (tertiary/aromatic N) is 4. The maximum absolute atomic E-state index is 4.47. The first kappa shape index (κ1) is 14.5. The fourth-order valence-corrected chi connectivity index (χ4v) is 3.20. The lowest BCUT2D eigenvalue weighted by molar-refractivity contribution is 0.249. The Labute approximate surface area is 133 Å². The van der Waals surface area contributed by atoms with Crippen molar-refractivity contribution < 1.29 is 0 Å². The maximum Gasteiger partial charge on any atom is 0.142 e. The summed E-state index contributed by atoms with van der Waals surface area (Å²) in [7, 11) is 0.